The maximum Gasteiger partial charge on any atom is 0.240 e. The zero-order chi connectivity index (χ0) is 24.6. The molecular weight excluding hydrogens is 462 g/mol. The molecule has 1 aromatic carbocycles. The second-order valence-electron chi connectivity index (χ2n) is 9.48. The van der Waals surface area contributed by atoms with E-state index >= 15 is 0 Å². The molecule has 0 unspecified atom stereocenters. The van der Waals surface area contributed by atoms with Gasteiger partial charge in [-0.15, -0.1) is 0 Å². The van der Waals surface area contributed by atoms with Gasteiger partial charge in [-0.2, -0.15) is 0 Å². The van der Waals surface area contributed by atoms with Crippen molar-refractivity contribution in [2.75, 3.05) is 50.8 Å². The van der Waals surface area contributed by atoms with Gasteiger partial charge < -0.3 is 29.7 Å². The number of carbonyl (C=O) groups is 1. The monoisotopic (exact) mass is 491 g/mol. The normalized spacial score (nSPS) is 23.3. The summed E-state index contributed by atoms with van der Waals surface area (Å²) in [4.78, 5) is 35.8. The molecule has 0 aliphatic carbocycles. The number of aromatic amines is 1. The summed E-state index contributed by atoms with van der Waals surface area (Å²) in [5.41, 5.74) is 1.73. The maximum absolute atomic E-state index is 13.4. The van der Waals surface area contributed by atoms with Crippen LogP contribution in [0.5, 0.6) is 11.6 Å². The number of fused-ring (bicyclic) bond motifs is 5. The number of rotatable bonds is 0. The Labute approximate surface area is 208 Å². The SMILES string of the molecule is O=C1[C@H]2C[C@@H](O)CN2CCCOc2cccc(c2)N=Cc2c(O)[nH]c3ncnc(c23)N2CCN1CC2. The number of hydrogen-bond acceptors (Lipinski definition) is 9. The van der Waals surface area contributed by atoms with Crippen molar-refractivity contribution in [3.63, 3.8) is 0 Å². The van der Waals surface area contributed by atoms with E-state index in [1.807, 2.05) is 29.2 Å². The van der Waals surface area contributed by atoms with Crippen LogP contribution < -0.4 is 9.64 Å². The van der Waals surface area contributed by atoms with Gasteiger partial charge in [-0.3, -0.25) is 14.7 Å². The first-order valence-electron chi connectivity index (χ1n) is 12.4. The quantitative estimate of drug-likeness (QED) is 0.429. The van der Waals surface area contributed by atoms with Crippen LogP contribution in [-0.4, -0.2) is 105 Å². The highest BCUT2D eigenvalue weighted by Crippen LogP contribution is 2.33. The van der Waals surface area contributed by atoms with Crippen molar-refractivity contribution in [1.82, 2.24) is 24.8 Å². The van der Waals surface area contributed by atoms with Crippen LogP contribution in [0, 0.1) is 0 Å². The number of ether oxygens (including phenoxy) is 1. The molecule has 188 valence electrons. The molecule has 7 rings (SSSR count). The maximum atomic E-state index is 13.4. The molecule has 6 heterocycles. The van der Waals surface area contributed by atoms with Crippen molar-refractivity contribution in [2.24, 2.45) is 4.99 Å². The number of amides is 1. The van der Waals surface area contributed by atoms with Crippen LogP contribution in [0.25, 0.3) is 11.0 Å². The minimum absolute atomic E-state index is 0.0255. The summed E-state index contributed by atoms with van der Waals surface area (Å²) in [5.74, 6) is 1.43. The highest BCUT2D eigenvalue weighted by molar-refractivity contribution is 6.06. The second kappa shape index (κ2) is 9.40. The number of hydrogen-bond donors (Lipinski definition) is 3. The number of nitrogens with zero attached hydrogens (tertiary/aromatic N) is 6. The number of benzene rings is 1. The molecule has 2 atom stereocenters. The molecule has 4 aliphatic heterocycles. The number of nitrogens with one attached hydrogen (secondary N) is 1. The lowest BCUT2D eigenvalue weighted by Gasteiger charge is -2.38. The third kappa shape index (κ3) is 4.24. The van der Waals surface area contributed by atoms with E-state index in [1.165, 1.54) is 6.33 Å². The van der Waals surface area contributed by atoms with Crippen LogP contribution in [0.4, 0.5) is 11.5 Å². The summed E-state index contributed by atoms with van der Waals surface area (Å²) in [6.07, 6.45) is 3.79. The number of aromatic hydroxyl groups is 1. The molecule has 3 aromatic rings. The van der Waals surface area contributed by atoms with E-state index in [9.17, 15) is 15.0 Å². The van der Waals surface area contributed by atoms with E-state index < -0.39 is 6.10 Å². The molecule has 2 saturated heterocycles. The zero-order valence-electron chi connectivity index (χ0n) is 19.9. The van der Waals surface area contributed by atoms with Crippen LogP contribution in [-0.2, 0) is 4.79 Å². The van der Waals surface area contributed by atoms with Crippen LogP contribution in [0.1, 0.15) is 18.4 Å². The number of H-pyrrole nitrogens is 1. The van der Waals surface area contributed by atoms with Crippen molar-refractivity contribution in [1.29, 1.82) is 0 Å². The topological polar surface area (TPSA) is 130 Å². The number of aliphatic hydroxyl groups excluding tert-OH is 1. The van der Waals surface area contributed by atoms with E-state index in [1.54, 1.807) is 6.21 Å². The van der Waals surface area contributed by atoms with E-state index in [0.29, 0.717) is 86.1 Å². The van der Waals surface area contributed by atoms with Crippen LogP contribution in [0.2, 0.25) is 0 Å². The molecule has 36 heavy (non-hydrogen) atoms. The fraction of sp³-hybridized carbons (Fsp3) is 0.440. The lowest BCUT2D eigenvalue weighted by molar-refractivity contribution is -0.136. The minimum atomic E-state index is -0.498. The predicted octanol–water partition coefficient (Wildman–Crippen LogP) is 1.28. The summed E-state index contributed by atoms with van der Waals surface area (Å²) >= 11 is 0. The molecule has 1 amide bonds. The molecule has 2 fully saturated rings. The van der Waals surface area contributed by atoms with Gasteiger partial charge in [0.2, 0.25) is 5.91 Å². The molecule has 11 nitrogen and oxygen atoms in total. The van der Waals surface area contributed by atoms with Crippen molar-refractivity contribution in [2.45, 2.75) is 25.0 Å². The summed E-state index contributed by atoms with van der Waals surface area (Å²) in [7, 11) is 0. The molecule has 4 aliphatic rings. The average Bonchev–Trinajstić information content (AvgIpc) is 3.43. The van der Waals surface area contributed by atoms with Gasteiger partial charge in [0.25, 0.3) is 0 Å². The van der Waals surface area contributed by atoms with Gasteiger partial charge in [-0.25, -0.2) is 9.97 Å². The van der Waals surface area contributed by atoms with Gasteiger partial charge in [-0.05, 0) is 25.0 Å². The Morgan fingerprint density at radius 1 is 1.08 bits per heavy atom. The Bertz CT molecular complexity index is 1300. The third-order valence-electron chi connectivity index (χ3n) is 7.16. The highest BCUT2D eigenvalue weighted by Gasteiger charge is 2.38. The van der Waals surface area contributed by atoms with Gasteiger partial charge in [0.1, 0.15) is 23.5 Å². The highest BCUT2D eigenvalue weighted by atomic mass is 16.5. The number of aromatic nitrogens is 3. The van der Waals surface area contributed by atoms with Gasteiger partial charge in [-0.1, -0.05) is 6.07 Å². The number of aliphatic imine (C=N–C) groups is 1. The van der Waals surface area contributed by atoms with E-state index in [2.05, 4.69) is 29.7 Å². The van der Waals surface area contributed by atoms with Gasteiger partial charge in [0, 0.05) is 51.5 Å². The Morgan fingerprint density at radius 3 is 2.78 bits per heavy atom. The lowest BCUT2D eigenvalue weighted by atomic mass is 10.1. The molecule has 0 spiro atoms. The fourth-order valence-electron chi connectivity index (χ4n) is 5.37. The third-order valence-corrected chi connectivity index (χ3v) is 7.16. The largest absolute Gasteiger partial charge is 0.494 e. The number of anilines is 1. The Kier molecular flexibility index (Phi) is 5.94. The van der Waals surface area contributed by atoms with Crippen LogP contribution in [0.3, 0.4) is 0 Å². The van der Waals surface area contributed by atoms with E-state index in [0.717, 1.165) is 6.42 Å². The predicted molar refractivity (Wildman–Crippen MR) is 134 cm³/mol. The summed E-state index contributed by atoms with van der Waals surface area (Å²) in [5, 5.41) is 21.6. The summed E-state index contributed by atoms with van der Waals surface area (Å²) in [6, 6.07) is 7.15. The Balaban J connectivity index is 1.37. The molecule has 0 radical (unpaired) electrons. The van der Waals surface area contributed by atoms with Crippen molar-refractivity contribution >= 4 is 34.7 Å². The first-order valence-corrected chi connectivity index (χ1v) is 12.4. The van der Waals surface area contributed by atoms with Crippen molar-refractivity contribution in [3.8, 4) is 11.6 Å². The fourth-order valence-corrected chi connectivity index (χ4v) is 5.37. The first-order chi connectivity index (χ1) is 17.6. The number of carbonyl (C=O) groups excluding carboxylic acids is 1. The molecule has 4 bridgehead atoms. The standard InChI is InChI=1S/C25H29N7O4/c33-17-12-20-25(35)31-8-6-30(7-9-31)23-21-19(24(34)29-22(21)27-15-28-23)13-26-16-3-1-4-18(11-16)36-10-2-5-32(20)14-17/h1,3-4,11,13,15,17,20,33-34H,2,5-10,12,14H2,(H,27,28,29)/t17-,20-/m1/s1. The van der Waals surface area contributed by atoms with Gasteiger partial charge in [0.15, 0.2) is 5.88 Å². The van der Waals surface area contributed by atoms with Crippen LogP contribution in [0.15, 0.2) is 35.6 Å². The molecule has 2 aromatic heterocycles. The molecule has 11 heteroatoms. The number of piperazine rings is 1. The lowest BCUT2D eigenvalue weighted by Crippen LogP contribution is -2.54. The Hall–Kier alpha value is -3.70. The van der Waals surface area contributed by atoms with Gasteiger partial charge in [0.05, 0.1) is 35.4 Å². The first kappa shape index (κ1) is 22.7. The molecular formula is C25H29N7O4. The van der Waals surface area contributed by atoms with E-state index in [-0.39, 0.29) is 17.8 Å². The number of aliphatic hydroxyl groups is 1. The van der Waals surface area contributed by atoms with Crippen LogP contribution >= 0.6 is 0 Å². The van der Waals surface area contributed by atoms with Crippen molar-refractivity contribution < 1.29 is 19.7 Å². The smallest absolute Gasteiger partial charge is 0.240 e. The van der Waals surface area contributed by atoms with E-state index in [4.69, 9.17) is 4.74 Å². The minimum Gasteiger partial charge on any atom is -0.494 e. The molecule has 0 saturated carbocycles. The Morgan fingerprint density at radius 2 is 1.92 bits per heavy atom. The van der Waals surface area contributed by atoms with Crippen molar-refractivity contribution in [3.05, 3.63) is 36.2 Å². The zero-order valence-corrected chi connectivity index (χ0v) is 19.9. The molecule has 3 N–H and O–H groups in total. The van der Waals surface area contributed by atoms with Gasteiger partial charge >= 0.3 is 0 Å². The second-order valence-corrected chi connectivity index (χ2v) is 9.48. The summed E-state index contributed by atoms with van der Waals surface area (Å²) in [6.45, 7) is 3.98. The average molecular weight is 492 g/mol. The summed E-state index contributed by atoms with van der Waals surface area (Å²) < 4.78 is 5.95.